The number of amides is 2. The van der Waals surface area contributed by atoms with Crippen LogP contribution in [0.15, 0.2) is 71.3 Å². The van der Waals surface area contributed by atoms with Crippen LogP contribution in [-0.2, 0) is 19.1 Å². The first-order valence-corrected chi connectivity index (χ1v) is 14.9. The van der Waals surface area contributed by atoms with Gasteiger partial charge in [0.25, 0.3) is 0 Å². The minimum absolute atomic E-state index is 0.0917. The number of phenols is 1. The van der Waals surface area contributed by atoms with Gasteiger partial charge >= 0.3 is 5.97 Å². The molecule has 1 aliphatic carbocycles. The Hall–Kier alpha value is -3.91. The summed E-state index contributed by atoms with van der Waals surface area (Å²) in [4.78, 5) is 39.4. The van der Waals surface area contributed by atoms with Crippen molar-refractivity contribution in [3.63, 3.8) is 0 Å². The quantitative estimate of drug-likeness (QED) is 0.182. The number of benzene rings is 2. The van der Waals surface area contributed by atoms with E-state index in [1.807, 2.05) is 42.5 Å². The summed E-state index contributed by atoms with van der Waals surface area (Å²) in [6.45, 7) is 3.13. The van der Waals surface area contributed by atoms with Gasteiger partial charge in [-0.1, -0.05) is 48.4 Å². The lowest BCUT2D eigenvalue weighted by molar-refractivity contribution is -0.141. The largest absolute Gasteiger partial charge is 0.508 e. The maximum atomic E-state index is 13.6. The fourth-order valence-electron chi connectivity index (χ4n) is 6.63. The van der Waals surface area contributed by atoms with Gasteiger partial charge in [0.05, 0.1) is 24.5 Å². The molecule has 0 unspecified atom stereocenters. The summed E-state index contributed by atoms with van der Waals surface area (Å²) in [7, 11) is 0. The molecule has 5 rings (SSSR count). The van der Waals surface area contributed by atoms with Gasteiger partial charge < -0.3 is 19.7 Å². The molecule has 2 saturated heterocycles. The van der Waals surface area contributed by atoms with Gasteiger partial charge in [0.2, 0.25) is 11.8 Å². The number of aromatic hydroxyl groups is 1. The van der Waals surface area contributed by atoms with Gasteiger partial charge in [-0.15, -0.1) is 0 Å². The Morgan fingerprint density at radius 1 is 1.02 bits per heavy atom. The Kier molecular flexibility index (Phi) is 9.42. The van der Waals surface area contributed by atoms with Gasteiger partial charge in [0, 0.05) is 18.9 Å². The molecule has 8 heteroatoms. The predicted octanol–water partition coefficient (Wildman–Crippen LogP) is 5.62. The maximum Gasteiger partial charge on any atom is 0.303 e. The molecule has 2 amide bonds. The van der Waals surface area contributed by atoms with Crippen LogP contribution in [0.3, 0.4) is 0 Å². The summed E-state index contributed by atoms with van der Waals surface area (Å²) < 4.78 is 12.5. The zero-order valence-corrected chi connectivity index (χ0v) is 24.0. The number of hydrogen-bond donors (Lipinski definition) is 2. The van der Waals surface area contributed by atoms with Crippen LogP contribution < -0.4 is 4.74 Å². The van der Waals surface area contributed by atoms with E-state index in [0.29, 0.717) is 45.4 Å². The summed E-state index contributed by atoms with van der Waals surface area (Å²) in [5, 5.41) is 18.7. The van der Waals surface area contributed by atoms with Crippen molar-refractivity contribution in [1.82, 2.24) is 4.90 Å². The molecule has 2 aromatic carbocycles. The van der Waals surface area contributed by atoms with Gasteiger partial charge in [-0.2, -0.15) is 0 Å². The first-order valence-electron chi connectivity index (χ1n) is 14.9. The Morgan fingerprint density at radius 2 is 1.83 bits per heavy atom. The molecule has 2 fully saturated rings. The van der Waals surface area contributed by atoms with Crippen LogP contribution in [0.2, 0.25) is 0 Å². The number of likely N-dealkylation sites (tertiary alicyclic amines) is 1. The van der Waals surface area contributed by atoms with Crippen molar-refractivity contribution in [3.05, 3.63) is 76.9 Å². The highest BCUT2D eigenvalue weighted by atomic mass is 16.5. The maximum absolute atomic E-state index is 13.6. The monoisotopic (exact) mass is 573 g/mol. The molecule has 2 aromatic rings. The molecule has 0 saturated carbocycles. The highest BCUT2D eigenvalue weighted by Gasteiger charge is 2.56. The van der Waals surface area contributed by atoms with Crippen LogP contribution in [-0.4, -0.2) is 58.8 Å². The molecule has 42 heavy (non-hydrogen) atoms. The number of carboxylic acids is 1. The van der Waals surface area contributed by atoms with Gasteiger partial charge in [-0.3, -0.25) is 19.3 Å². The molecule has 0 aromatic heterocycles. The number of allylic oxidation sites excluding steroid dienone is 1. The predicted molar refractivity (Wildman–Crippen MR) is 158 cm³/mol. The first-order chi connectivity index (χ1) is 20.3. The van der Waals surface area contributed by atoms with Crippen molar-refractivity contribution >= 4 is 23.9 Å². The van der Waals surface area contributed by atoms with Gasteiger partial charge in [-0.25, -0.2) is 0 Å². The van der Waals surface area contributed by atoms with Crippen molar-refractivity contribution in [2.75, 3.05) is 19.8 Å². The van der Waals surface area contributed by atoms with Crippen LogP contribution in [0.1, 0.15) is 57.4 Å². The number of unbranched alkanes of at least 4 members (excludes halogenated alkanes) is 2. The van der Waals surface area contributed by atoms with Crippen molar-refractivity contribution in [2.24, 2.45) is 17.8 Å². The zero-order valence-electron chi connectivity index (χ0n) is 24.0. The average molecular weight is 574 g/mol. The van der Waals surface area contributed by atoms with E-state index in [4.69, 9.17) is 14.6 Å². The van der Waals surface area contributed by atoms with Crippen molar-refractivity contribution in [1.29, 1.82) is 0 Å². The first kappa shape index (κ1) is 29.6. The lowest BCUT2D eigenvalue weighted by atomic mass is 9.69. The third-order valence-electron chi connectivity index (χ3n) is 8.61. The molecule has 2 aliphatic heterocycles. The van der Waals surface area contributed by atoms with Crippen molar-refractivity contribution in [3.8, 4) is 11.5 Å². The number of aliphatic carboxylic acids is 1. The normalized spacial score (nSPS) is 23.7. The number of rotatable bonds is 13. The molecule has 3 aliphatic rings. The Bertz CT molecular complexity index is 1360. The number of para-hydroxylation sites is 1. The summed E-state index contributed by atoms with van der Waals surface area (Å²) in [5.74, 6) is -1.12. The Labute approximate surface area is 246 Å². The molecule has 0 radical (unpaired) electrons. The smallest absolute Gasteiger partial charge is 0.303 e. The third-order valence-corrected chi connectivity index (χ3v) is 8.61. The zero-order chi connectivity index (χ0) is 29.6. The molecule has 8 nitrogen and oxygen atoms in total. The van der Waals surface area contributed by atoms with E-state index in [0.717, 1.165) is 40.9 Å². The molecule has 2 N–H and O–H groups in total. The third kappa shape index (κ3) is 6.76. The van der Waals surface area contributed by atoms with Crippen molar-refractivity contribution < 1.29 is 34.1 Å². The topological polar surface area (TPSA) is 113 Å². The van der Waals surface area contributed by atoms with E-state index in [2.05, 4.69) is 13.0 Å². The number of carboxylic acid groups (broad SMARTS) is 1. The van der Waals surface area contributed by atoms with E-state index in [9.17, 15) is 19.5 Å². The van der Waals surface area contributed by atoms with Crippen LogP contribution in [0.5, 0.6) is 11.5 Å². The minimum Gasteiger partial charge on any atom is -0.508 e. The number of carbonyl (C=O) groups excluding carboxylic acids is 2. The average Bonchev–Trinajstić information content (AvgIpc) is 3.49. The summed E-state index contributed by atoms with van der Waals surface area (Å²) in [5.41, 5.74) is 4.26. The van der Waals surface area contributed by atoms with Crippen LogP contribution in [0.25, 0.3) is 6.08 Å². The standard InChI is InChI=1S/C34H39NO7/c1-22(17-23-9-8-10-25(36)18-23)14-15-29-31-24(20-41-26-11-4-2-5-12-26)19-27-32(28(31)21-42-29)34(40)35(33(27)39)16-7-3-6-13-30(37)38/h2,4-5,8-12,17-18,27-29,32,36H,3,6-7,13-16,19-21H2,1H3,(H,37,38)/b22-17+/t27-,28+,29-,32-/m1/s1. The molecule has 222 valence electrons. The highest BCUT2D eigenvalue weighted by Crippen LogP contribution is 2.50. The second-order valence-corrected chi connectivity index (χ2v) is 11.6. The lowest BCUT2D eigenvalue weighted by Crippen LogP contribution is -2.35. The molecule has 0 bridgehead atoms. The number of imide groups is 1. The van der Waals surface area contributed by atoms with Crippen LogP contribution in [0, 0.1) is 17.8 Å². The minimum atomic E-state index is -0.834. The van der Waals surface area contributed by atoms with Crippen LogP contribution >= 0.6 is 0 Å². The SMILES string of the molecule is C/C(=C\c1cccc(O)c1)CC[C@H]1OC[C@H]2C1=C(COc1ccccc1)C[C@H]1C(=O)N(CCCCCC(=O)O)C(=O)[C@H]12. The number of phenolic OH excluding ortho intramolecular Hbond substituents is 1. The molecule has 0 spiro atoms. The molecule has 2 heterocycles. The second-order valence-electron chi connectivity index (χ2n) is 11.6. The fraction of sp³-hybridized carbons (Fsp3) is 0.441. The van der Waals surface area contributed by atoms with Gasteiger partial charge in [-0.05, 0) is 80.0 Å². The molecule has 4 atom stereocenters. The van der Waals surface area contributed by atoms with E-state index in [1.54, 1.807) is 12.1 Å². The van der Waals surface area contributed by atoms with Gasteiger partial charge in [0.1, 0.15) is 18.1 Å². The lowest BCUT2D eigenvalue weighted by Gasteiger charge is -2.31. The molecular formula is C34H39NO7. The number of carbonyl (C=O) groups is 3. The summed E-state index contributed by atoms with van der Waals surface area (Å²) in [6.07, 6.45) is 5.78. The number of ether oxygens (including phenoxy) is 2. The highest BCUT2D eigenvalue weighted by molar-refractivity contribution is 6.06. The summed E-state index contributed by atoms with van der Waals surface area (Å²) >= 11 is 0. The fourth-order valence-corrected chi connectivity index (χ4v) is 6.63. The van der Waals surface area contributed by atoms with E-state index in [-0.39, 0.29) is 36.0 Å². The number of fused-ring (bicyclic) bond motifs is 3. The van der Waals surface area contributed by atoms with Gasteiger partial charge in [0.15, 0.2) is 0 Å². The van der Waals surface area contributed by atoms with Crippen LogP contribution in [0.4, 0.5) is 0 Å². The van der Waals surface area contributed by atoms with E-state index >= 15 is 0 Å². The molecular weight excluding hydrogens is 534 g/mol. The second kappa shape index (κ2) is 13.4. The van der Waals surface area contributed by atoms with E-state index < -0.39 is 17.8 Å². The number of nitrogens with zero attached hydrogens (tertiary/aromatic N) is 1. The number of hydrogen-bond acceptors (Lipinski definition) is 6. The Morgan fingerprint density at radius 3 is 2.60 bits per heavy atom. The Balaban J connectivity index is 1.32. The van der Waals surface area contributed by atoms with E-state index in [1.165, 1.54) is 4.90 Å². The van der Waals surface area contributed by atoms with Crippen molar-refractivity contribution in [2.45, 2.75) is 58.0 Å². The summed E-state index contributed by atoms with van der Waals surface area (Å²) in [6, 6.07) is 16.7.